The van der Waals surface area contributed by atoms with E-state index in [-0.39, 0.29) is 0 Å². The molecule has 2 rings (SSSR count). The van der Waals surface area contributed by atoms with Crippen molar-refractivity contribution in [1.29, 1.82) is 0 Å². The Morgan fingerprint density at radius 2 is 2.18 bits per heavy atom. The van der Waals surface area contributed by atoms with Crippen LogP contribution in [-0.2, 0) is 6.42 Å². The van der Waals surface area contributed by atoms with Gasteiger partial charge in [0.2, 0.25) is 0 Å². The van der Waals surface area contributed by atoms with Gasteiger partial charge in [-0.3, -0.25) is 0 Å². The molecule has 1 aromatic carbocycles. The second-order valence-corrected chi connectivity index (χ2v) is 5.49. The average Bonchev–Trinajstić information content (AvgIpc) is 2.68. The van der Waals surface area contributed by atoms with Crippen LogP contribution < -0.4 is 0 Å². The molecule has 1 heterocycles. The maximum Gasteiger partial charge on any atom is 0.0941 e. The van der Waals surface area contributed by atoms with Crippen LogP contribution in [0.25, 0.3) is 0 Å². The van der Waals surface area contributed by atoms with Crippen molar-refractivity contribution in [3.8, 4) is 0 Å². The lowest BCUT2D eigenvalue weighted by Gasteiger charge is -2.11. The van der Waals surface area contributed by atoms with Crippen molar-refractivity contribution in [3.05, 3.63) is 49.9 Å². The number of thiazole rings is 1. The molecule has 0 aliphatic carbocycles. The Morgan fingerprint density at radius 3 is 2.76 bits per heavy atom. The molecule has 5 heteroatoms. The van der Waals surface area contributed by atoms with E-state index in [1.165, 1.54) is 11.3 Å². The lowest BCUT2D eigenvalue weighted by atomic mass is 10.1. The van der Waals surface area contributed by atoms with Gasteiger partial charge < -0.3 is 5.11 Å². The molecule has 0 radical (unpaired) electrons. The first kappa shape index (κ1) is 12.8. The molecule has 0 spiro atoms. The van der Waals surface area contributed by atoms with Gasteiger partial charge in [-0.1, -0.05) is 29.3 Å². The van der Waals surface area contributed by atoms with Gasteiger partial charge in [-0.05, 0) is 24.6 Å². The SMILES string of the molecule is Cc1ncsc1C(O)Cc1ccc(Cl)cc1Cl. The van der Waals surface area contributed by atoms with Gasteiger partial charge in [-0.15, -0.1) is 11.3 Å². The van der Waals surface area contributed by atoms with Crippen molar-refractivity contribution in [2.75, 3.05) is 0 Å². The van der Waals surface area contributed by atoms with Crippen molar-refractivity contribution < 1.29 is 5.11 Å². The Bertz CT molecular complexity index is 527. The highest BCUT2D eigenvalue weighted by atomic mass is 35.5. The van der Waals surface area contributed by atoms with Gasteiger partial charge in [-0.25, -0.2) is 4.98 Å². The Balaban J connectivity index is 2.19. The fourth-order valence-electron chi connectivity index (χ4n) is 1.62. The predicted molar refractivity (Wildman–Crippen MR) is 72.0 cm³/mol. The number of aliphatic hydroxyl groups is 1. The summed E-state index contributed by atoms with van der Waals surface area (Å²) < 4.78 is 0. The molecule has 0 aliphatic rings. The van der Waals surface area contributed by atoms with E-state index in [0.717, 1.165) is 16.1 Å². The van der Waals surface area contributed by atoms with Gasteiger partial charge in [0.25, 0.3) is 0 Å². The Kier molecular flexibility index (Phi) is 4.05. The maximum atomic E-state index is 10.1. The molecule has 0 saturated carbocycles. The molecule has 0 bridgehead atoms. The molecular weight excluding hydrogens is 277 g/mol. The van der Waals surface area contributed by atoms with Gasteiger partial charge in [-0.2, -0.15) is 0 Å². The third kappa shape index (κ3) is 2.99. The number of nitrogens with zero attached hydrogens (tertiary/aromatic N) is 1. The van der Waals surface area contributed by atoms with Crippen LogP contribution in [-0.4, -0.2) is 10.1 Å². The lowest BCUT2D eigenvalue weighted by Crippen LogP contribution is -2.02. The number of benzene rings is 1. The summed E-state index contributed by atoms with van der Waals surface area (Å²) in [4.78, 5) is 5.01. The van der Waals surface area contributed by atoms with Crippen LogP contribution in [0.4, 0.5) is 0 Å². The summed E-state index contributed by atoms with van der Waals surface area (Å²) in [5, 5.41) is 11.3. The molecule has 0 amide bonds. The smallest absolute Gasteiger partial charge is 0.0941 e. The van der Waals surface area contributed by atoms with E-state index in [0.29, 0.717) is 16.5 Å². The van der Waals surface area contributed by atoms with Crippen molar-refractivity contribution in [2.24, 2.45) is 0 Å². The number of aryl methyl sites for hydroxylation is 1. The van der Waals surface area contributed by atoms with Gasteiger partial charge in [0.15, 0.2) is 0 Å². The van der Waals surface area contributed by atoms with Gasteiger partial charge in [0.05, 0.1) is 22.2 Å². The van der Waals surface area contributed by atoms with E-state index in [1.807, 2.05) is 13.0 Å². The van der Waals surface area contributed by atoms with E-state index in [1.54, 1.807) is 17.6 Å². The molecular formula is C12H11Cl2NOS. The fourth-order valence-corrected chi connectivity index (χ4v) is 2.89. The van der Waals surface area contributed by atoms with Crippen LogP contribution in [0.15, 0.2) is 23.7 Å². The zero-order valence-corrected chi connectivity index (χ0v) is 11.5. The number of aromatic nitrogens is 1. The van der Waals surface area contributed by atoms with E-state index in [9.17, 15) is 5.11 Å². The minimum absolute atomic E-state index is 0.471. The summed E-state index contributed by atoms with van der Waals surface area (Å²) in [6, 6.07) is 5.30. The van der Waals surface area contributed by atoms with E-state index >= 15 is 0 Å². The molecule has 1 N–H and O–H groups in total. The average molecular weight is 288 g/mol. The summed E-state index contributed by atoms with van der Waals surface area (Å²) >= 11 is 13.3. The summed E-state index contributed by atoms with van der Waals surface area (Å²) in [5.41, 5.74) is 3.49. The lowest BCUT2D eigenvalue weighted by molar-refractivity contribution is 0.181. The standard InChI is InChI=1S/C12H11Cl2NOS/c1-7-12(17-6-15-7)11(16)4-8-2-3-9(13)5-10(8)14/h2-3,5-6,11,16H,4H2,1H3. The van der Waals surface area contributed by atoms with Crippen LogP contribution in [0.3, 0.4) is 0 Å². The normalized spacial score (nSPS) is 12.7. The summed E-state index contributed by atoms with van der Waals surface area (Å²) in [7, 11) is 0. The van der Waals surface area contributed by atoms with E-state index in [2.05, 4.69) is 4.98 Å². The largest absolute Gasteiger partial charge is 0.387 e. The summed E-state index contributed by atoms with van der Waals surface area (Å²) in [5.74, 6) is 0. The predicted octanol–water partition coefficient (Wildman–Crippen LogP) is 4.03. The zero-order valence-electron chi connectivity index (χ0n) is 9.15. The van der Waals surface area contributed by atoms with Crippen LogP contribution in [0.5, 0.6) is 0 Å². The second kappa shape index (κ2) is 5.36. The van der Waals surface area contributed by atoms with Crippen molar-refractivity contribution in [2.45, 2.75) is 19.4 Å². The Labute approximate surface area is 114 Å². The fraction of sp³-hybridized carbons (Fsp3) is 0.250. The van der Waals surface area contributed by atoms with Crippen molar-refractivity contribution in [1.82, 2.24) is 4.98 Å². The summed E-state index contributed by atoms with van der Waals surface area (Å²) in [6.45, 7) is 1.89. The first-order valence-corrected chi connectivity index (χ1v) is 6.73. The molecule has 0 fully saturated rings. The monoisotopic (exact) mass is 287 g/mol. The minimum Gasteiger partial charge on any atom is -0.387 e. The van der Waals surface area contributed by atoms with Gasteiger partial charge >= 0.3 is 0 Å². The highest BCUT2D eigenvalue weighted by Crippen LogP contribution is 2.28. The van der Waals surface area contributed by atoms with Gasteiger partial charge in [0, 0.05) is 16.5 Å². The molecule has 2 nitrogen and oxygen atoms in total. The van der Waals surface area contributed by atoms with Crippen molar-refractivity contribution >= 4 is 34.5 Å². The Morgan fingerprint density at radius 1 is 1.41 bits per heavy atom. The molecule has 90 valence electrons. The van der Waals surface area contributed by atoms with Gasteiger partial charge in [0.1, 0.15) is 0 Å². The number of hydrogen-bond donors (Lipinski definition) is 1. The molecule has 1 atom stereocenters. The van der Waals surface area contributed by atoms with Crippen molar-refractivity contribution in [3.63, 3.8) is 0 Å². The maximum absolute atomic E-state index is 10.1. The highest BCUT2D eigenvalue weighted by molar-refractivity contribution is 7.09. The minimum atomic E-state index is -0.568. The molecule has 0 aliphatic heterocycles. The molecule has 17 heavy (non-hydrogen) atoms. The van der Waals surface area contributed by atoms with E-state index in [4.69, 9.17) is 23.2 Å². The highest BCUT2D eigenvalue weighted by Gasteiger charge is 2.15. The first-order valence-electron chi connectivity index (χ1n) is 5.10. The number of rotatable bonds is 3. The van der Waals surface area contributed by atoms with Crippen LogP contribution in [0.1, 0.15) is 22.2 Å². The summed E-state index contributed by atoms with van der Waals surface area (Å²) in [6.07, 6.45) is -0.0971. The molecule has 1 unspecified atom stereocenters. The topological polar surface area (TPSA) is 33.1 Å². The van der Waals surface area contributed by atoms with Crippen LogP contribution >= 0.6 is 34.5 Å². The zero-order chi connectivity index (χ0) is 12.4. The number of aliphatic hydroxyl groups excluding tert-OH is 1. The third-order valence-corrected chi connectivity index (χ3v) is 4.13. The number of hydrogen-bond acceptors (Lipinski definition) is 3. The second-order valence-electron chi connectivity index (χ2n) is 3.76. The molecule has 2 aromatic rings. The van der Waals surface area contributed by atoms with E-state index < -0.39 is 6.10 Å². The quantitative estimate of drug-likeness (QED) is 0.924. The molecule has 0 saturated heterocycles. The van der Waals surface area contributed by atoms with Crippen LogP contribution in [0.2, 0.25) is 10.0 Å². The Hall–Kier alpha value is -0.610. The first-order chi connectivity index (χ1) is 8.08. The number of halogens is 2. The molecule has 1 aromatic heterocycles. The third-order valence-electron chi connectivity index (χ3n) is 2.51. The van der Waals surface area contributed by atoms with Crippen LogP contribution in [0, 0.1) is 6.92 Å².